The van der Waals surface area contributed by atoms with Crippen LogP contribution in [0, 0.1) is 32.5 Å². The number of carbonyl (C=O) groups excluding carboxylic acids is 4. The third-order valence-electron chi connectivity index (χ3n) is 11.2. The van der Waals surface area contributed by atoms with Crippen LogP contribution in [-0.4, -0.2) is 36.0 Å². The standard InChI is InChI=1S/C25H38N2O4/c1-15(27-19(31)25-11-9-23(7,17(29)13-25)21(25,4)5)14-26-18(30)24-10-8-22(6,16(28)12-24)20(24,2)3/h15H,8-14H2,1-7H3,(H,26,30)(H,27,31). The molecule has 6 nitrogen and oxygen atoms in total. The van der Waals surface area contributed by atoms with Crippen LogP contribution in [0.4, 0.5) is 0 Å². The molecule has 0 radical (unpaired) electrons. The van der Waals surface area contributed by atoms with E-state index in [-0.39, 0.29) is 40.3 Å². The van der Waals surface area contributed by atoms with Crippen molar-refractivity contribution in [2.45, 2.75) is 93.0 Å². The zero-order chi connectivity index (χ0) is 23.3. The lowest BCUT2D eigenvalue weighted by Crippen LogP contribution is -2.53. The lowest BCUT2D eigenvalue weighted by Gasteiger charge is -2.40. The Morgan fingerprint density at radius 2 is 1.19 bits per heavy atom. The highest BCUT2D eigenvalue weighted by atomic mass is 16.2. The lowest BCUT2D eigenvalue weighted by atomic mass is 9.64. The van der Waals surface area contributed by atoms with E-state index in [1.165, 1.54) is 0 Å². The van der Waals surface area contributed by atoms with Crippen molar-refractivity contribution in [3.8, 4) is 0 Å². The smallest absolute Gasteiger partial charge is 0.227 e. The van der Waals surface area contributed by atoms with E-state index in [4.69, 9.17) is 0 Å². The molecule has 0 heterocycles. The molecule has 4 bridgehead atoms. The molecule has 2 amide bonds. The van der Waals surface area contributed by atoms with Crippen LogP contribution in [-0.2, 0) is 19.2 Å². The van der Waals surface area contributed by atoms with Gasteiger partial charge in [0, 0.05) is 36.3 Å². The third kappa shape index (κ3) is 2.34. The fourth-order valence-electron chi connectivity index (χ4n) is 7.55. The number of ketones is 2. The van der Waals surface area contributed by atoms with Crippen LogP contribution < -0.4 is 10.6 Å². The molecule has 0 aromatic heterocycles. The SMILES string of the molecule is CC(CNC(=O)C12CCC(C)(C(=O)C1)C2(C)C)NC(=O)C12CCC(C)(C(=O)C1)C2(C)C. The van der Waals surface area contributed by atoms with Crippen molar-refractivity contribution in [1.82, 2.24) is 10.6 Å². The van der Waals surface area contributed by atoms with E-state index < -0.39 is 21.7 Å². The minimum atomic E-state index is -0.664. The first kappa shape index (κ1) is 22.5. The van der Waals surface area contributed by atoms with Gasteiger partial charge in [0.2, 0.25) is 11.8 Å². The lowest BCUT2D eigenvalue weighted by molar-refractivity contribution is -0.138. The second-order valence-electron chi connectivity index (χ2n) is 12.4. The number of rotatable bonds is 5. The molecule has 31 heavy (non-hydrogen) atoms. The van der Waals surface area contributed by atoms with Gasteiger partial charge in [-0.3, -0.25) is 19.2 Å². The largest absolute Gasteiger partial charge is 0.354 e. The summed E-state index contributed by atoms with van der Waals surface area (Å²) in [6, 6.07) is -0.256. The Hall–Kier alpha value is -1.72. The predicted octanol–water partition coefficient (Wildman–Crippen LogP) is 3.18. The molecule has 0 aliphatic heterocycles. The Kier molecular flexibility index (Phi) is 4.49. The molecule has 6 heteroatoms. The van der Waals surface area contributed by atoms with E-state index in [9.17, 15) is 19.2 Å². The number of hydrogen-bond donors (Lipinski definition) is 2. The van der Waals surface area contributed by atoms with Crippen LogP contribution >= 0.6 is 0 Å². The predicted molar refractivity (Wildman–Crippen MR) is 117 cm³/mol. The van der Waals surface area contributed by atoms with Gasteiger partial charge in [0.15, 0.2) is 0 Å². The molecule has 172 valence electrons. The number of fused-ring (bicyclic) bond motifs is 4. The summed E-state index contributed by atoms with van der Waals surface area (Å²) in [6.45, 7) is 14.4. The van der Waals surface area contributed by atoms with Crippen LogP contribution in [0.3, 0.4) is 0 Å². The molecular weight excluding hydrogens is 392 g/mol. The maximum absolute atomic E-state index is 13.3. The van der Waals surface area contributed by atoms with Gasteiger partial charge in [-0.25, -0.2) is 0 Å². The van der Waals surface area contributed by atoms with E-state index in [1.807, 2.05) is 48.5 Å². The maximum atomic E-state index is 13.3. The summed E-state index contributed by atoms with van der Waals surface area (Å²) in [7, 11) is 0. The minimum absolute atomic E-state index is 0.0724. The first-order valence-corrected chi connectivity index (χ1v) is 11.8. The average Bonchev–Trinajstić information content (AvgIpc) is 3.14. The number of nitrogens with one attached hydrogen (secondary N) is 2. The van der Waals surface area contributed by atoms with Gasteiger partial charge in [-0.05, 0) is 43.4 Å². The van der Waals surface area contributed by atoms with Crippen LogP contribution in [0.1, 0.15) is 87.0 Å². The summed E-state index contributed by atoms with van der Waals surface area (Å²) < 4.78 is 0. The Morgan fingerprint density at radius 1 is 0.774 bits per heavy atom. The van der Waals surface area contributed by atoms with Gasteiger partial charge in [0.25, 0.3) is 0 Å². The highest BCUT2D eigenvalue weighted by molar-refractivity contribution is 6.00. The molecule has 0 spiro atoms. The van der Waals surface area contributed by atoms with E-state index in [0.717, 1.165) is 25.7 Å². The first-order valence-electron chi connectivity index (χ1n) is 11.8. The normalized spacial score (nSPS) is 42.7. The van der Waals surface area contributed by atoms with E-state index in [0.29, 0.717) is 19.4 Å². The molecule has 2 N–H and O–H groups in total. The zero-order valence-corrected chi connectivity index (χ0v) is 20.2. The van der Waals surface area contributed by atoms with Crippen molar-refractivity contribution in [3.05, 3.63) is 0 Å². The monoisotopic (exact) mass is 430 g/mol. The van der Waals surface area contributed by atoms with Gasteiger partial charge >= 0.3 is 0 Å². The summed E-state index contributed by atoms with van der Waals surface area (Å²) in [5.74, 6) is 0.237. The van der Waals surface area contributed by atoms with Crippen LogP contribution in [0.2, 0.25) is 0 Å². The average molecular weight is 431 g/mol. The molecule has 0 aromatic rings. The summed E-state index contributed by atoms with van der Waals surface area (Å²) in [4.78, 5) is 51.9. The third-order valence-corrected chi connectivity index (χ3v) is 11.2. The number of amides is 2. The van der Waals surface area contributed by atoms with Crippen LogP contribution in [0.25, 0.3) is 0 Å². The second kappa shape index (κ2) is 6.20. The molecule has 5 unspecified atom stereocenters. The Bertz CT molecular complexity index is 892. The molecule has 4 rings (SSSR count). The Labute approximate surface area is 185 Å². The molecular formula is C25H38N2O4. The maximum Gasteiger partial charge on any atom is 0.227 e. The number of hydrogen-bond acceptors (Lipinski definition) is 4. The molecule has 4 aliphatic rings. The number of carbonyl (C=O) groups is 4. The quantitative estimate of drug-likeness (QED) is 0.701. The summed E-state index contributed by atoms with van der Waals surface area (Å²) >= 11 is 0. The zero-order valence-electron chi connectivity index (χ0n) is 20.2. The summed E-state index contributed by atoms with van der Waals surface area (Å²) in [5, 5.41) is 6.12. The molecule has 5 atom stereocenters. The first-order chi connectivity index (χ1) is 14.1. The Balaban J connectivity index is 1.41. The van der Waals surface area contributed by atoms with Crippen LogP contribution in [0.5, 0.6) is 0 Å². The fourth-order valence-corrected chi connectivity index (χ4v) is 7.55. The fraction of sp³-hybridized carbons (Fsp3) is 0.840. The van der Waals surface area contributed by atoms with E-state index >= 15 is 0 Å². The van der Waals surface area contributed by atoms with E-state index in [2.05, 4.69) is 10.6 Å². The topological polar surface area (TPSA) is 92.3 Å². The van der Waals surface area contributed by atoms with Gasteiger partial charge < -0.3 is 10.6 Å². The molecule has 0 aromatic carbocycles. The van der Waals surface area contributed by atoms with Gasteiger partial charge in [-0.15, -0.1) is 0 Å². The molecule has 0 saturated heterocycles. The van der Waals surface area contributed by atoms with Crippen molar-refractivity contribution in [2.75, 3.05) is 6.54 Å². The summed E-state index contributed by atoms with van der Waals surface area (Å²) in [5.41, 5.74) is -2.95. The highest BCUT2D eigenvalue weighted by Gasteiger charge is 2.73. The summed E-state index contributed by atoms with van der Waals surface area (Å²) in [6.07, 6.45) is 3.57. The van der Waals surface area contributed by atoms with Crippen molar-refractivity contribution in [1.29, 1.82) is 0 Å². The Morgan fingerprint density at radius 3 is 1.55 bits per heavy atom. The van der Waals surface area contributed by atoms with Crippen molar-refractivity contribution < 1.29 is 19.2 Å². The van der Waals surface area contributed by atoms with E-state index in [1.54, 1.807) is 0 Å². The molecule has 4 fully saturated rings. The van der Waals surface area contributed by atoms with Crippen molar-refractivity contribution in [2.24, 2.45) is 32.5 Å². The molecule has 4 aliphatic carbocycles. The van der Waals surface area contributed by atoms with Crippen molar-refractivity contribution >= 4 is 23.4 Å². The number of Topliss-reactive ketones (excluding diaryl/α,β-unsaturated/α-hetero) is 2. The van der Waals surface area contributed by atoms with Gasteiger partial charge in [0.05, 0.1) is 10.8 Å². The minimum Gasteiger partial charge on any atom is -0.354 e. The van der Waals surface area contributed by atoms with Crippen molar-refractivity contribution in [3.63, 3.8) is 0 Å². The highest BCUT2D eigenvalue weighted by Crippen LogP contribution is 2.71. The second-order valence-corrected chi connectivity index (χ2v) is 12.4. The molecule has 4 saturated carbocycles. The van der Waals surface area contributed by atoms with Gasteiger partial charge in [-0.1, -0.05) is 41.5 Å². The van der Waals surface area contributed by atoms with Crippen LogP contribution in [0.15, 0.2) is 0 Å². The van der Waals surface area contributed by atoms with Gasteiger partial charge in [0.1, 0.15) is 11.6 Å². The van der Waals surface area contributed by atoms with Gasteiger partial charge in [-0.2, -0.15) is 0 Å².